The molecule has 0 aliphatic rings. The van der Waals surface area contributed by atoms with Crippen LogP contribution in [0.2, 0.25) is 0 Å². The van der Waals surface area contributed by atoms with Crippen LogP contribution in [-0.2, 0) is 9.53 Å². The van der Waals surface area contributed by atoms with Crippen LogP contribution in [0.3, 0.4) is 0 Å². The number of nitrogens with one attached hydrogen (secondary N) is 2. The number of carbonyl (C=O) groups is 3. The van der Waals surface area contributed by atoms with E-state index >= 15 is 0 Å². The van der Waals surface area contributed by atoms with Crippen molar-refractivity contribution in [3.8, 4) is 0 Å². The minimum Gasteiger partial charge on any atom is -0.447 e. The van der Waals surface area contributed by atoms with Gasteiger partial charge in [-0.2, -0.15) is 0 Å². The summed E-state index contributed by atoms with van der Waals surface area (Å²) in [5.41, 5.74) is 1.55. The van der Waals surface area contributed by atoms with Crippen molar-refractivity contribution in [2.75, 3.05) is 29.9 Å². The van der Waals surface area contributed by atoms with E-state index in [1.54, 1.807) is 42.6 Å². The SMILES string of the molecule is O=C(CN(C(=O)c1cncc(Br)c1)c1ccccc1)NCCOC(=O)Nc1cccc2ccccc12. The van der Waals surface area contributed by atoms with Crippen LogP contribution in [0.15, 0.2) is 95.7 Å². The zero-order valence-corrected chi connectivity index (χ0v) is 20.8. The molecule has 9 heteroatoms. The summed E-state index contributed by atoms with van der Waals surface area (Å²) >= 11 is 3.31. The largest absolute Gasteiger partial charge is 0.447 e. The second-order valence-corrected chi connectivity index (χ2v) is 8.67. The van der Waals surface area contributed by atoms with E-state index in [9.17, 15) is 14.4 Å². The molecule has 0 unspecified atom stereocenters. The van der Waals surface area contributed by atoms with Crippen LogP contribution in [0.5, 0.6) is 0 Å². The van der Waals surface area contributed by atoms with E-state index in [2.05, 4.69) is 31.5 Å². The Labute approximate surface area is 216 Å². The molecule has 0 saturated carbocycles. The Morgan fingerprint density at radius 2 is 1.67 bits per heavy atom. The van der Waals surface area contributed by atoms with Crippen molar-refractivity contribution in [3.63, 3.8) is 0 Å². The molecule has 0 spiro atoms. The smallest absolute Gasteiger partial charge is 0.411 e. The van der Waals surface area contributed by atoms with Crippen LogP contribution in [0, 0.1) is 0 Å². The summed E-state index contributed by atoms with van der Waals surface area (Å²) in [5, 5.41) is 7.31. The lowest BCUT2D eigenvalue weighted by molar-refractivity contribution is -0.119. The van der Waals surface area contributed by atoms with Gasteiger partial charge in [0.1, 0.15) is 13.2 Å². The number of pyridine rings is 1. The molecule has 0 fully saturated rings. The van der Waals surface area contributed by atoms with Gasteiger partial charge in [-0.3, -0.25) is 24.8 Å². The number of carbonyl (C=O) groups excluding carboxylic acids is 3. The molecule has 1 aromatic heterocycles. The van der Waals surface area contributed by atoms with Crippen LogP contribution in [0.25, 0.3) is 10.8 Å². The van der Waals surface area contributed by atoms with Gasteiger partial charge in [0.05, 0.1) is 17.8 Å². The fourth-order valence-electron chi connectivity index (χ4n) is 3.59. The molecule has 1 heterocycles. The molecule has 0 atom stereocenters. The number of para-hydroxylation sites is 1. The van der Waals surface area contributed by atoms with E-state index in [-0.39, 0.29) is 25.6 Å². The maximum Gasteiger partial charge on any atom is 0.411 e. The molecule has 8 nitrogen and oxygen atoms in total. The maximum absolute atomic E-state index is 13.1. The fourth-order valence-corrected chi connectivity index (χ4v) is 3.95. The Balaban J connectivity index is 1.31. The van der Waals surface area contributed by atoms with Gasteiger partial charge in [0.15, 0.2) is 0 Å². The number of aromatic nitrogens is 1. The summed E-state index contributed by atoms with van der Waals surface area (Å²) in [6, 6.07) is 23.8. The second-order valence-electron chi connectivity index (χ2n) is 7.76. The molecule has 3 aromatic carbocycles. The van der Waals surface area contributed by atoms with Crippen molar-refractivity contribution in [1.82, 2.24) is 10.3 Å². The molecule has 36 heavy (non-hydrogen) atoms. The first-order valence-electron chi connectivity index (χ1n) is 11.2. The van der Waals surface area contributed by atoms with Crippen molar-refractivity contribution in [2.45, 2.75) is 0 Å². The minimum atomic E-state index is -0.621. The average molecular weight is 547 g/mol. The summed E-state index contributed by atoms with van der Waals surface area (Å²) in [4.78, 5) is 43.4. The second kappa shape index (κ2) is 11.9. The number of nitrogens with zero attached hydrogens (tertiary/aromatic N) is 2. The van der Waals surface area contributed by atoms with E-state index in [1.165, 1.54) is 11.1 Å². The lowest BCUT2D eigenvalue weighted by atomic mass is 10.1. The highest BCUT2D eigenvalue weighted by molar-refractivity contribution is 9.10. The highest BCUT2D eigenvalue weighted by atomic mass is 79.9. The molecule has 0 aliphatic heterocycles. The molecular weight excluding hydrogens is 524 g/mol. The molecule has 4 aromatic rings. The quantitative estimate of drug-likeness (QED) is 0.302. The molecular formula is C27H23BrN4O4. The summed E-state index contributed by atoms with van der Waals surface area (Å²) in [6.07, 6.45) is 2.40. The van der Waals surface area contributed by atoms with Crippen LogP contribution in [0.4, 0.5) is 16.2 Å². The summed E-state index contributed by atoms with van der Waals surface area (Å²) in [5.74, 6) is -0.760. The van der Waals surface area contributed by atoms with Crippen LogP contribution in [0.1, 0.15) is 10.4 Å². The van der Waals surface area contributed by atoms with Crippen molar-refractivity contribution < 1.29 is 19.1 Å². The Kier molecular flexibility index (Phi) is 8.25. The molecule has 4 rings (SSSR count). The number of rotatable bonds is 8. The normalized spacial score (nSPS) is 10.5. The van der Waals surface area contributed by atoms with Crippen molar-refractivity contribution in [2.24, 2.45) is 0 Å². The minimum absolute atomic E-state index is 0.0306. The highest BCUT2D eigenvalue weighted by Crippen LogP contribution is 2.23. The topological polar surface area (TPSA) is 101 Å². The van der Waals surface area contributed by atoms with Gasteiger partial charge in [-0.15, -0.1) is 0 Å². The van der Waals surface area contributed by atoms with Crippen LogP contribution in [-0.4, -0.2) is 42.6 Å². The highest BCUT2D eigenvalue weighted by Gasteiger charge is 2.21. The van der Waals surface area contributed by atoms with E-state index in [4.69, 9.17) is 4.74 Å². The summed E-state index contributed by atoms with van der Waals surface area (Å²) in [7, 11) is 0. The number of hydrogen-bond donors (Lipinski definition) is 2. The van der Waals surface area contributed by atoms with Crippen molar-refractivity contribution in [1.29, 1.82) is 0 Å². The molecule has 0 radical (unpaired) electrons. The number of anilines is 2. The molecule has 0 aliphatic carbocycles. The van der Waals surface area contributed by atoms with Gasteiger partial charge in [-0.05, 0) is 45.6 Å². The monoisotopic (exact) mass is 546 g/mol. The van der Waals surface area contributed by atoms with E-state index < -0.39 is 12.0 Å². The van der Waals surface area contributed by atoms with Gasteiger partial charge < -0.3 is 10.1 Å². The third-order valence-corrected chi connectivity index (χ3v) is 5.68. The molecule has 3 amide bonds. The zero-order chi connectivity index (χ0) is 25.3. The Morgan fingerprint density at radius 3 is 2.47 bits per heavy atom. The number of amides is 3. The summed E-state index contributed by atoms with van der Waals surface area (Å²) in [6.45, 7) is -0.147. The molecule has 0 bridgehead atoms. The first kappa shape index (κ1) is 24.9. The third kappa shape index (κ3) is 6.45. The van der Waals surface area contributed by atoms with Gasteiger partial charge in [0, 0.05) is 27.9 Å². The van der Waals surface area contributed by atoms with Crippen molar-refractivity contribution >= 4 is 56.0 Å². The van der Waals surface area contributed by atoms with E-state index in [0.717, 1.165) is 10.8 Å². The zero-order valence-electron chi connectivity index (χ0n) is 19.2. The van der Waals surface area contributed by atoms with Crippen molar-refractivity contribution in [3.05, 3.63) is 101 Å². The van der Waals surface area contributed by atoms with Crippen LogP contribution < -0.4 is 15.5 Å². The van der Waals surface area contributed by atoms with Gasteiger partial charge in [0.25, 0.3) is 5.91 Å². The Morgan fingerprint density at radius 1 is 0.917 bits per heavy atom. The third-order valence-electron chi connectivity index (χ3n) is 5.25. The lowest BCUT2D eigenvalue weighted by Crippen LogP contribution is -2.42. The summed E-state index contributed by atoms with van der Waals surface area (Å²) < 4.78 is 5.86. The Bertz CT molecular complexity index is 1380. The average Bonchev–Trinajstić information content (AvgIpc) is 2.90. The van der Waals surface area contributed by atoms with Crippen LogP contribution >= 0.6 is 15.9 Å². The number of hydrogen-bond acceptors (Lipinski definition) is 5. The van der Waals surface area contributed by atoms with Gasteiger partial charge >= 0.3 is 6.09 Å². The maximum atomic E-state index is 13.1. The van der Waals surface area contributed by atoms with E-state index in [1.807, 2.05) is 42.5 Å². The standard InChI is InChI=1S/C27H23BrN4O4/c28-21-15-20(16-29-17-21)26(34)32(22-9-2-1-3-10-22)18-25(33)30-13-14-36-27(35)31-24-12-6-8-19-7-4-5-11-23(19)24/h1-12,15-17H,13-14,18H2,(H,30,33)(H,31,35). The number of benzene rings is 3. The number of ether oxygens (including phenoxy) is 1. The lowest BCUT2D eigenvalue weighted by Gasteiger charge is -2.22. The first-order chi connectivity index (χ1) is 17.5. The van der Waals surface area contributed by atoms with Gasteiger partial charge in [0.2, 0.25) is 5.91 Å². The van der Waals surface area contributed by atoms with Gasteiger partial charge in [-0.25, -0.2) is 4.79 Å². The molecule has 0 saturated heterocycles. The number of fused-ring (bicyclic) bond motifs is 1. The first-order valence-corrected chi connectivity index (χ1v) is 12.0. The predicted molar refractivity (Wildman–Crippen MR) is 142 cm³/mol. The van der Waals surface area contributed by atoms with E-state index in [0.29, 0.717) is 21.4 Å². The molecule has 2 N–H and O–H groups in total. The predicted octanol–water partition coefficient (Wildman–Crippen LogP) is 5.01. The Hall–Kier alpha value is -4.24. The fraction of sp³-hybridized carbons (Fsp3) is 0.111. The molecule has 182 valence electrons. The van der Waals surface area contributed by atoms with Gasteiger partial charge in [-0.1, -0.05) is 54.6 Å². The number of halogens is 1.